The molecule has 0 aliphatic heterocycles. The van der Waals surface area contributed by atoms with Crippen molar-refractivity contribution in [2.75, 3.05) is 13.7 Å². The summed E-state index contributed by atoms with van der Waals surface area (Å²) in [5, 5.41) is 0. The molecule has 1 aromatic heterocycles. The lowest BCUT2D eigenvalue weighted by Gasteiger charge is -2.16. The van der Waals surface area contributed by atoms with Crippen LogP contribution in [0.15, 0.2) is 16.6 Å². The van der Waals surface area contributed by atoms with Gasteiger partial charge in [-0.05, 0) is 58.9 Å². The lowest BCUT2D eigenvalue weighted by Crippen LogP contribution is -2.14. The van der Waals surface area contributed by atoms with Gasteiger partial charge >= 0.3 is 0 Å². The third-order valence-electron chi connectivity index (χ3n) is 4.10. The Balaban J connectivity index is 1.97. The van der Waals surface area contributed by atoms with Crippen molar-refractivity contribution in [3.8, 4) is 0 Å². The normalized spacial score (nSPS) is 16.8. The Hall–Kier alpha value is -0.720. The third-order valence-corrected chi connectivity index (χ3v) is 5.03. The average molecular weight is 359 g/mol. The van der Waals surface area contributed by atoms with Gasteiger partial charge in [0, 0.05) is 26.3 Å². The number of H-pyrrole nitrogens is 1. The molecule has 0 bridgehead atoms. The molecule has 1 heterocycles. The molecule has 1 aliphatic carbocycles. The molecule has 20 heavy (non-hydrogen) atoms. The van der Waals surface area contributed by atoms with Crippen molar-refractivity contribution in [1.29, 1.82) is 0 Å². The molecule has 1 aromatic carbocycles. The number of ether oxygens (including phenoxy) is 1. The van der Waals surface area contributed by atoms with Gasteiger partial charge in [0.25, 0.3) is 0 Å². The van der Waals surface area contributed by atoms with Crippen molar-refractivity contribution in [2.24, 2.45) is 5.41 Å². The Labute approximate surface area is 130 Å². The van der Waals surface area contributed by atoms with Crippen molar-refractivity contribution in [3.63, 3.8) is 0 Å². The van der Waals surface area contributed by atoms with E-state index in [-0.39, 0.29) is 5.82 Å². The van der Waals surface area contributed by atoms with Crippen LogP contribution in [-0.4, -0.2) is 23.3 Å². The largest absolute Gasteiger partial charge is 0.385 e. The van der Waals surface area contributed by atoms with Gasteiger partial charge in [-0.1, -0.05) is 0 Å². The number of rotatable bonds is 5. The summed E-state index contributed by atoms with van der Waals surface area (Å²) in [7, 11) is 1.73. The van der Waals surface area contributed by atoms with Crippen LogP contribution in [-0.2, 0) is 11.3 Å². The first kappa shape index (κ1) is 14.2. The molecule has 1 saturated carbocycles. The highest BCUT2D eigenvalue weighted by molar-refractivity contribution is 9.10. The summed E-state index contributed by atoms with van der Waals surface area (Å²) < 4.78 is 22.0. The molecule has 108 valence electrons. The van der Waals surface area contributed by atoms with Crippen molar-refractivity contribution < 1.29 is 9.13 Å². The predicted octanol–water partition coefficient (Wildman–Crippen LogP) is 4.42. The van der Waals surface area contributed by atoms with Crippen LogP contribution in [0.5, 0.6) is 0 Å². The summed E-state index contributed by atoms with van der Waals surface area (Å²) in [5.74, 6) is -0.276. The number of hydrogen-bond donors (Lipinski definition) is 1. The number of benzene rings is 1. The maximum absolute atomic E-state index is 13.6. The van der Waals surface area contributed by atoms with E-state index in [1.807, 2.05) is 0 Å². The highest BCUT2D eigenvalue weighted by Crippen LogP contribution is 2.50. The number of methoxy groups -OCH3 is 1. The highest BCUT2D eigenvalue weighted by atomic mass is 79.9. The monoisotopic (exact) mass is 358 g/mol. The van der Waals surface area contributed by atoms with Gasteiger partial charge in [0.2, 0.25) is 0 Å². The minimum absolute atomic E-state index is 0.276. The fourth-order valence-electron chi connectivity index (χ4n) is 2.63. The Morgan fingerprint density at radius 3 is 2.90 bits per heavy atom. The second-order valence-corrected chi connectivity index (χ2v) is 6.78. The van der Waals surface area contributed by atoms with Gasteiger partial charge in [-0.15, -0.1) is 0 Å². The molecule has 0 spiro atoms. The first-order chi connectivity index (χ1) is 9.54. The Morgan fingerprint density at radius 1 is 1.50 bits per heavy atom. The lowest BCUT2D eigenvalue weighted by atomic mass is 10.0. The number of aromatic nitrogens is 2. The van der Waals surface area contributed by atoms with Gasteiger partial charge < -0.3 is 14.3 Å². The van der Waals surface area contributed by atoms with Crippen LogP contribution >= 0.6 is 28.1 Å². The number of fused-ring (bicyclic) bond motifs is 1. The quantitative estimate of drug-likeness (QED) is 0.801. The van der Waals surface area contributed by atoms with E-state index in [1.165, 1.54) is 18.9 Å². The van der Waals surface area contributed by atoms with Crippen molar-refractivity contribution >= 4 is 39.2 Å². The maximum atomic E-state index is 13.6. The summed E-state index contributed by atoms with van der Waals surface area (Å²) in [4.78, 5) is 3.09. The Kier molecular flexibility index (Phi) is 3.73. The van der Waals surface area contributed by atoms with E-state index in [2.05, 4.69) is 25.5 Å². The van der Waals surface area contributed by atoms with E-state index >= 15 is 0 Å². The number of imidazole rings is 1. The third kappa shape index (κ3) is 2.56. The SMILES string of the molecule is COCCC1(Cn2c(=S)[nH]c3cc(F)c(Br)cc32)CC1. The zero-order valence-corrected chi connectivity index (χ0v) is 13.6. The van der Waals surface area contributed by atoms with Gasteiger partial charge in [0.15, 0.2) is 4.77 Å². The van der Waals surface area contributed by atoms with Crippen LogP contribution in [0.3, 0.4) is 0 Å². The minimum atomic E-state index is -0.276. The maximum Gasteiger partial charge on any atom is 0.178 e. The molecule has 2 aromatic rings. The standard InChI is InChI=1S/C14H16BrFN2OS/c1-19-5-4-14(2-3-14)8-18-12-6-9(15)10(16)7-11(12)17-13(18)20/h6-7H,2-5,8H2,1H3,(H,17,20). The molecule has 0 unspecified atom stereocenters. The van der Waals surface area contributed by atoms with Crippen LogP contribution in [0.1, 0.15) is 19.3 Å². The van der Waals surface area contributed by atoms with Crippen molar-refractivity contribution in [3.05, 3.63) is 27.2 Å². The van der Waals surface area contributed by atoms with Crippen molar-refractivity contribution in [1.82, 2.24) is 9.55 Å². The van der Waals surface area contributed by atoms with Gasteiger partial charge in [-0.3, -0.25) is 0 Å². The summed E-state index contributed by atoms with van der Waals surface area (Å²) in [6, 6.07) is 3.28. The molecule has 1 N–H and O–H groups in total. The first-order valence-electron chi connectivity index (χ1n) is 6.61. The highest BCUT2D eigenvalue weighted by Gasteiger charge is 2.42. The van der Waals surface area contributed by atoms with E-state index in [0.717, 1.165) is 30.6 Å². The zero-order chi connectivity index (χ0) is 14.3. The van der Waals surface area contributed by atoms with E-state index in [1.54, 1.807) is 13.2 Å². The summed E-state index contributed by atoms with van der Waals surface area (Å²) in [5.41, 5.74) is 2.00. The van der Waals surface area contributed by atoms with E-state index in [9.17, 15) is 4.39 Å². The predicted molar refractivity (Wildman–Crippen MR) is 82.9 cm³/mol. The zero-order valence-electron chi connectivity index (χ0n) is 11.2. The molecule has 6 heteroatoms. The Morgan fingerprint density at radius 2 is 2.25 bits per heavy atom. The molecule has 1 fully saturated rings. The van der Waals surface area contributed by atoms with Gasteiger partial charge in [0.05, 0.1) is 15.5 Å². The summed E-state index contributed by atoms with van der Waals surface area (Å²) >= 11 is 8.63. The first-order valence-corrected chi connectivity index (χ1v) is 7.81. The molecule has 0 saturated heterocycles. The van der Waals surface area contributed by atoms with Gasteiger partial charge in [-0.25, -0.2) is 4.39 Å². The second kappa shape index (κ2) is 5.24. The molecular formula is C14H16BrFN2OS. The number of aromatic amines is 1. The molecular weight excluding hydrogens is 343 g/mol. The van der Waals surface area contributed by atoms with E-state index in [4.69, 9.17) is 17.0 Å². The molecule has 0 amide bonds. The topological polar surface area (TPSA) is 29.9 Å². The molecule has 0 radical (unpaired) electrons. The number of hydrogen-bond acceptors (Lipinski definition) is 2. The average Bonchev–Trinajstić information content (AvgIpc) is 3.12. The molecule has 0 atom stereocenters. The second-order valence-electron chi connectivity index (χ2n) is 5.54. The fraction of sp³-hybridized carbons (Fsp3) is 0.500. The molecule has 1 aliphatic rings. The fourth-order valence-corrected chi connectivity index (χ4v) is 3.23. The van der Waals surface area contributed by atoms with E-state index < -0.39 is 0 Å². The summed E-state index contributed by atoms with van der Waals surface area (Å²) in [6.45, 7) is 1.64. The van der Waals surface area contributed by atoms with Crippen LogP contribution in [0, 0.1) is 16.0 Å². The van der Waals surface area contributed by atoms with Gasteiger partial charge in [-0.2, -0.15) is 0 Å². The van der Waals surface area contributed by atoms with Crippen LogP contribution in [0.25, 0.3) is 11.0 Å². The van der Waals surface area contributed by atoms with Crippen molar-refractivity contribution in [2.45, 2.75) is 25.8 Å². The number of nitrogens with one attached hydrogen (secondary N) is 1. The summed E-state index contributed by atoms with van der Waals surface area (Å²) in [6.07, 6.45) is 3.45. The lowest BCUT2D eigenvalue weighted by molar-refractivity contribution is 0.167. The molecule has 3 nitrogen and oxygen atoms in total. The smallest absolute Gasteiger partial charge is 0.178 e. The number of halogens is 2. The van der Waals surface area contributed by atoms with Crippen LogP contribution in [0.2, 0.25) is 0 Å². The van der Waals surface area contributed by atoms with E-state index in [0.29, 0.717) is 14.7 Å². The molecule has 3 rings (SSSR count). The van der Waals surface area contributed by atoms with Crippen LogP contribution in [0.4, 0.5) is 4.39 Å². The Bertz CT molecular complexity index is 705. The minimum Gasteiger partial charge on any atom is -0.385 e. The van der Waals surface area contributed by atoms with Gasteiger partial charge in [0.1, 0.15) is 5.82 Å². The number of nitrogens with zero attached hydrogens (tertiary/aromatic N) is 1. The van der Waals surface area contributed by atoms with Crippen LogP contribution < -0.4 is 0 Å².